The molecule has 6 aromatic rings. The van der Waals surface area contributed by atoms with Crippen LogP contribution in [0.15, 0.2) is 121 Å². The minimum Gasteiger partial charge on any atom is -0.0769 e. The zero-order valence-electron chi connectivity index (χ0n) is 16.4. The van der Waals surface area contributed by atoms with Crippen LogP contribution in [0, 0.1) is 0 Å². The van der Waals surface area contributed by atoms with Gasteiger partial charge in [0.25, 0.3) is 0 Å². The van der Waals surface area contributed by atoms with Crippen molar-refractivity contribution in [2.24, 2.45) is 0 Å². The molecule has 30 heavy (non-hydrogen) atoms. The predicted octanol–water partition coefficient (Wildman–Crippen LogP) is 9.61. The normalized spacial score (nSPS) is 12.5. The standard InChI is InChI=1S/C28H20P2/c1-3-13-23(14-4-1)29-25-17-9-7-11-21(25)19-27(29)28-20-22-12-8-10-18-26(22)30(28)24-15-5-2-6-16-24/h1-20H. The molecule has 0 N–H and O–H groups in total. The second kappa shape index (κ2) is 7.33. The summed E-state index contributed by atoms with van der Waals surface area (Å²) in [6.45, 7) is 0. The molecule has 0 amide bonds. The first-order chi connectivity index (χ1) is 14.9. The quantitative estimate of drug-likeness (QED) is 0.268. The van der Waals surface area contributed by atoms with E-state index < -0.39 is 15.1 Å². The Labute approximate surface area is 178 Å². The van der Waals surface area contributed by atoms with Gasteiger partial charge in [-0.2, -0.15) is 0 Å². The molecule has 0 bridgehead atoms. The van der Waals surface area contributed by atoms with E-state index in [-0.39, 0.29) is 0 Å². The molecule has 0 fully saturated rings. The highest BCUT2D eigenvalue weighted by Crippen LogP contribution is 2.63. The topological polar surface area (TPSA) is 0 Å². The minimum atomic E-state index is -0.541. The molecule has 142 valence electrons. The van der Waals surface area contributed by atoms with Crippen LogP contribution in [0.2, 0.25) is 0 Å². The van der Waals surface area contributed by atoms with Gasteiger partial charge in [0, 0.05) is 20.8 Å². The van der Waals surface area contributed by atoms with Gasteiger partial charge in [0.15, 0.2) is 0 Å². The molecule has 2 unspecified atom stereocenters. The highest BCUT2D eigenvalue weighted by Gasteiger charge is 2.19. The zero-order valence-corrected chi connectivity index (χ0v) is 18.2. The first-order valence-corrected chi connectivity index (χ1v) is 12.9. The van der Waals surface area contributed by atoms with Crippen molar-refractivity contribution in [1.82, 2.24) is 0 Å². The second-order valence-electron chi connectivity index (χ2n) is 7.52. The van der Waals surface area contributed by atoms with Crippen LogP contribution in [0.25, 0.3) is 42.2 Å². The lowest BCUT2D eigenvalue weighted by molar-refractivity contribution is 1.76. The fourth-order valence-electron chi connectivity index (χ4n) is 4.40. The van der Waals surface area contributed by atoms with Gasteiger partial charge in [-0.05, 0) is 33.5 Å². The number of hydrogen-bond acceptors (Lipinski definition) is 0. The fourth-order valence-corrected chi connectivity index (χ4v) is 9.96. The second-order valence-corrected chi connectivity index (χ2v) is 11.8. The van der Waals surface area contributed by atoms with Crippen LogP contribution in [0.5, 0.6) is 0 Å². The van der Waals surface area contributed by atoms with Crippen LogP contribution in [0.4, 0.5) is 0 Å². The number of rotatable bonds is 3. The monoisotopic (exact) mass is 418 g/mol. The Morgan fingerprint density at radius 2 is 0.733 bits per heavy atom. The minimum absolute atomic E-state index is 0.541. The van der Waals surface area contributed by atoms with Crippen molar-refractivity contribution in [3.05, 3.63) is 121 Å². The zero-order chi connectivity index (χ0) is 19.9. The highest BCUT2D eigenvalue weighted by molar-refractivity contribution is 7.70. The summed E-state index contributed by atoms with van der Waals surface area (Å²) >= 11 is 0. The molecule has 0 spiro atoms. The summed E-state index contributed by atoms with van der Waals surface area (Å²) in [6.07, 6.45) is 0. The summed E-state index contributed by atoms with van der Waals surface area (Å²) in [7, 11) is -1.08. The average Bonchev–Trinajstić information content (AvgIpc) is 3.39. The van der Waals surface area contributed by atoms with E-state index in [1.165, 1.54) is 42.2 Å². The summed E-state index contributed by atoms with van der Waals surface area (Å²) in [6, 6.07) is 44.9. The van der Waals surface area contributed by atoms with E-state index in [0.29, 0.717) is 0 Å². The van der Waals surface area contributed by atoms with Gasteiger partial charge in [0.1, 0.15) is 0 Å². The van der Waals surface area contributed by atoms with Gasteiger partial charge in [-0.25, -0.2) is 0 Å². The van der Waals surface area contributed by atoms with Crippen LogP contribution in [0.1, 0.15) is 0 Å². The summed E-state index contributed by atoms with van der Waals surface area (Å²) in [5.74, 6) is 0. The third-order valence-corrected chi connectivity index (χ3v) is 11.0. The van der Waals surface area contributed by atoms with Crippen LogP contribution >= 0.6 is 15.1 Å². The van der Waals surface area contributed by atoms with Crippen LogP contribution in [-0.2, 0) is 0 Å². The van der Waals surface area contributed by atoms with Gasteiger partial charge in [-0.3, -0.25) is 0 Å². The van der Waals surface area contributed by atoms with Crippen LogP contribution in [0.3, 0.4) is 0 Å². The molecular formula is C28H20P2. The highest BCUT2D eigenvalue weighted by atomic mass is 31.1. The van der Waals surface area contributed by atoms with E-state index in [2.05, 4.69) is 121 Å². The first kappa shape index (κ1) is 17.8. The van der Waals surface area contributed by atoms with Crippen molar-refractivity contribution in [2.45, 2.75) is 0 Å². The Morgan fingerprint density at radius 1 is 0.367 bits per heavy atom. The number of hydrogen-bond donors (Lipinski definition) is 0. The maximum absolute atomic E-state index is 2.46. The molecule has 4 aromatic carbocycles. The molecule has 6 rings (SSSR count). The SMILES string of the molecule is c1ccc(-p2c(-c3cc4ccccc4p3-c3ccccc3)cc3ccccc32)cc1. The average molecular weight is 418 g/mol. The largest absolute Gasteiger partial charge is 0.0769 e. The summed E-state index contributed by atoms with van der Waals surface area (Å²) in [5.41, 5.74) is 0. The lowest BCUT2D eigenvalue weighted by Gasteiger charge is -2.11. The molecule has 0 nitrogen and oxygen atoms in total. The van der Waals surface area contributed by atoms with Gasteiger partial charge in [0.05, 0.1) is 0 Å². The molecule has 0 aliphatic carbocycles. The smallest absolute Gasteiger partial charge is 0.0112 e. The fraction of sp³-hybridized carbons (Fsp3) is 0. The molecule has 0 saturated carbocycles. The molecule has 0 aliphatic rings. The molecular weight excluding hydrogens is 398 g/mol. The molecule has 0 radical (unpaired) electrons. The van der Waals surface area contributed by atoms with Crippen molar-refractivity contribution in [3.8, 4) is 21.2 Å². The summed E-state index contributed by atoms with van der Waals surface area (Å²) < 4.78 is 0. The van der Waals surface area contributed by atoms with E-state index in [4.69, 9.17) is 0 Å². The number of benzene rings is 4. The molecule has 2 atom stereocenters. The van der Waals surface area contributed by atoms with Crippen molar-refractivity contribution in [1.29, 1.82) is 0 Å². The molecule has 2 aromatic heterocycles. The van der Waals surface area contributed by atoms with Crippen molar-refractivity contribution < 1.29 is 0 Å². The summed E-state index contributed by atoms with van der Waals surface area (Å²) in [4.78, 5) is 0. The Bertz CT molecular complexity index is 1360. The maximum Gasteiger partial charge on any atom is 0.0112 e. The summed E-state index contributed by atoms with van der Waals surface area (Å²) in [5, 5.41) is 11.6. The molecule has 2 heteroatoms. The van der Waals surface area contributed by atoms with Crippen LogP contribution < -0.4 is 0 Å². The Morgan fingerprint density at radius 3 is 1.17 bits per heavy atom. The van der Waals surface area contributed by atoms with Gasteiger partial charge < -0.3 is 0 Å². The number of fused-ring (bicyclic) bond motifs is 2. The van der Waals surface area contributed by atoms with Gasteiger partial charge in [-0.15, -0.1) is 0 Å². The maximum atomic E-state index is 2.46. The molecule has 2 heterocycles. The Balaban J connectivity index is 1.74. The van der Waals surface area contributed by atoms with Crippen molar-refractivity contribution >= 4 is 36.1 Å². The molecule has 0 aliphatic heterocycles. The Kier molecular flexibility index (Phi) is 4.35. The van der Waals surface area contributed by atoms with E-state index in [0.717, 1.165) is 0 Å². The van der Waals surface area contributed by atoms with E-state index in [1.807, 2.05) is 0 Å². The van der Waals surface area contributed by atoms with Gasteiger partial charge in [-0.1, -0.05) is 124 Å². The van der Waals surface area contributed by atoms with Gasteiger partial charge >= 0.3 is 0 Å². The van der Waals surface area contributed by atoms with E-state index in [9.17, 15) is 0 Å². The van der Waals surface area contributed by atoms with E-state index >= 15 is 0 Å². The first-order valence-electron chi connectivity index (χ1n) is 10.2. The molecule has 0 saturated heterocycles. The predicted molar refractivity (Wildman–Crippen MR) is 135 cm³/mol. The lowest BCUT2D eigenvalue weighted by Crippen LogP contribution is -1.71. The van der Waals surface area contributed by atoms with Gasteiger partial charge in [0.2, 0.25) is 0 Å². The third kappa shape index (κ3) is 2.85. The van der Waals surface area contributed by atoms with Crippen LogP contribution in [-0.4, -0.2) is 0 Å². The van der Waals surface area contributed by atoms with E-state index in [1.54, 1.807) is 0 Å². The Hall–Kier alpha value is -3.04. The van der Waals surface area contributed by atoms with Crippen molar-refractivity contribution in [2.75, 3.05) is 0 Å². The third-order valence-electron chi connectivity index (χ3n) is 5.71. The lowest BCUT2D eigenvalue weighted by atomic mass is 10.2. The van der Waals surface area contributed by atoms with Crippen molar-refractivity contribution in [3.63, 3.8) is 0 Å².